The van der Waals surface area contributed by atoms with E-state index in [1.807, 2.05) is 6.07 Å². The van der Waals surface area contributed by atoms with Gasteiger partial charge in [0.1, 0.15) is 17.5 Å². The molecule has 0 amide bonds. The molecule has 1 aromatic heterocycles. The fraction of sp³-hybridized carbons (Fsp3) is 0.733. The minimum Gasteiger partial charge on any atom is -0.370 e. The number of aromatic nitrogens is 2. The summed E-state index contributed by atoms with van der Waals surface area (Å²) in [6.45, 7) is 4.07. The highest BCUT2D eigenvalue weighted by Gasteiger charge is 2.27. The van der Waals surface area contributed by atoms with Crippen LogP contribution < -0.4 is 10.6 Å². The van der Waals surface area contributed by atoms with E-state index in [4.69, 9.17) is 0 Å². The first-order valence-corrected chi connectivity index (χ1v) is 7.72. The largest absolute Gasteiger partial charge is 0.370 e. The molecule has 1 aromatic rings. The third kappa shape index (κ3) is 3.37. The van der Waals surface area contributed by atoms with Crippen LogP contribution in [0.25, 0.3) is 0 Å². The van der Waals surface area contributed by atoms with Crippen molar-refractivity contribution in [3.8, 4) is 0 Å². The standard InChI is InChI=1S/C15H24N4/c1-2-16-13-9-14(17-10-11-5-3-4-6-11)19-15(18-13)12-7-8-12/h9,11-12H,2-8,10H2,1H3,(H2,16,17,18,19). The van der Waals surface area contributed by atoms with Gasteiger partial charge in [-0.15, -0.1) is 0 Å². The molecule has 2 aliphatic carbocycles. The summed E-state index contributed by atoms with van der Waals surface area (Å²) in [5.41, 5.74) is 0. The van der Waals surface area contributed by atoms with Crippen molar-refractivity contribution >= 4 is 11.6 Å². The van der Waals surface area contributed by atoms with Crippen LogP contribution in [0.4, 0.5) is 11.6 Å². The SMILES string of the molecule is CCNc1cc(NCC2CCCC2)nc(C2CC2)n1. The minimum atomic E-state index is 0.602. The monoisotopic (exact) mass is 260 g/mol. The van der Waals surface area contributed by atoms with Crippen molar-refractivity contribution in [2.75, 3.05) is 23.7 Å². The minimum absolute atomic E-state index is 0.602. The van der Waals surface area contributed by atoms with Crippen molar-refractivity contribution in [2.45, 2.75) is 51.4 Å². The van der Waals surface area contributed by atoms with E-state index in [-0.39, 0.29) is 0 Å². The Balaban J connectivity index is 1.67. The quantitative estimate of drug-likeness (QED) is 0.823. The van der Waals surface area contributed by atoms with Crippen molar-refractivity contribution in [1.29, 1.82) is 0 Å². The van der Waals surface area contributed by atoms with Gasteiger partial charge in [0.05, 0.1) is 0 Å². The predicted molar refractivity (Wildman–Crippen MR) is 78.6 cm³/mol. The van der Waals surface area contributed by atoms with E-state index >= 15 is 0 Å². The third-order valence-electron chi connectivity index (χ3n) is 4.09. The normalized spacial score (nSPS) is 19.6. The van der Waals surface area contributed by atoms with Gasteiger partial charge in [0, 0.05) is 25.1 Å². The lowest BCUT2D eigenvalue weighted by molar-refractivity contribution is 0.578. The molecule has 0 bridgehead atoms. The van der Waals surface area contributed by atoms with Crippen LogP contribution in [0.15, 0.2) is 6.07 Å². The van der Waals surface area contributed by atoms with E-state index in [0.29, 0.717) is 5.92 Å². The molecular weight excluding hydrogens is 236 g/mol. The van der Waals surface area contributed by atoms with Crippen molar-refractivity contribution in [3.63, 3.8) is 0 Å². The van der Waals surface area contributed by atoms with E-state index in [9.17, 15) is 0 Å². The zero-order valence-electron chi connectivity index (χ0n) is 11.8. The molecule has 104 valence electrons. The van der Waals surface area contributed by atoms with Gasteiger partial charge < -0.3 is 10.6 Å². The molecule has 0 unspecified atom stereocenters. The lowest BCUT2D eigenvalue weighted by Gasteiger charge is -2.13. The van der Waals surface area contributed by atoms with E-state index < -0.39 is 0 Å². The molecule has 0 radical (unpaired) electrons. The average Bonchev–Trinajstić information content (AvgIpc) is 3.14. The number of hydrogen-bond acceptors (Lipinski definition) is 4. The second kappa shape index (κ2) is 5.76. The second-order valence-corrected chi connectivity index (χ2v) is 5.83. The van der Waals surface area contributed by atoms with Crippen molar-refractivity contribution in [2.24, 2.45) is 5.92 Å². The van der Waals surface area contributed by atoms with Crippen LogP contribution in [-0.4, -0.2) is 23.1 Å². The maximum atomic E-state index is 4.68. The first-order valence-electron chi connectivity index (χ1n) is 7.72. The maximum absolute atomic E-state index is 4.68. The molecule has 0 aromatic carbocycles. The Morgan fingerprint density at radius 1 is 1.05 bits per heavy atom. The van der Waals surface area contributed by atoms with Crippen molar-refractivity contribution < 1.29 is 0 Å². The molecule has 0 spiro atoms. The zero-order chi connectivity index (χ0) is 13.1. The molecule has 19 heavy (non-hydrogen) atoms. The van der Waals surface area contributed by atoms with Gasteiger partial charge in [0.25, 0.3) is 0 Å². The first kappa shape index (κ1) is 12.7. The van der Waals surface area contributed by atoms with Crippen molar-refractivity contribution in [1.82, 2.24) is 9.97 Å². The smallest absolute Gasteiger partial charge is 0.136 e. The lowest BCUT2D eigenvalue weighted by atomic mass is 10.1. The van der Waals surface area contributed by atoms with Gasteiger partial charge in [-0.2, -0.15) is 0 Å². The number of hydrogen-bond donors (Lipinski definition) is 2. The molecule has 0 aliphatic heterocycles. The molecule has 2 saturated carbocycles. The van der Waals surface area contributed by atoms with Crippen LogP contribution in [-0.2, 0) is 0 Å². The highest BCUT2D eigenvalue weighted by molar-refractivity contribution is 5.48. The molecule has 2 aliphatic rings. The Kier molecular flexibility index (Phi) is 3.85. The Labute approximate surface area is 115 Å². The Bertz CT molecular complexity index is 422. The summed E-state index contributed by atoms with van der Waals surface area (Å²) in [5, 5.41) is 6.83. The van der Waals surface area contributed by atoms with Crippen LogP contribution in [0.2, 0.25) is 0 Å². The zero-order valence-corrected chi connectivity index (χ0v) is 11.8. The summed E-state index contributed by atoms with van der Waals surface area (Å²) in [6.07, 6.45) is 8.02. The number of nitrogens with one attached hydrogen (secondary N) is 2. The van der Waals surface area contributed by atoms with E-state index in [2.05, 4.69) is 27.5 Å². The van der Waals surface area contributed by atoms with Gasteiger partial charge in [-0.25, -0.2) is 9.97 Å². The number of anilines is 2. The topological polar surface area (TPSA) is 49.8 Å². The Morgan fingerprint density at radius 2 is 1.74 bits per heavy atom. The maximum Gasteiger partial charge on any atom is 0.136 e. The summed E-state index contributed by atoms with van der Waals surface area (Å²) in [5.74, 6) is 4.42. The van der Waals surface area contributed by atoms with E-state index in [0.717, 1.165) is 36.5 Å². The molecule has 1 heterocycles. The highest BCUT2D eigenvalue weighted by atomic mass is 15.1. The average molecular weight is 260 g/mol. The van der Waals surface area contributed by atoms with Gasteiger partial charge in [0.15, 0.2) is 0 Å². The van der Waals surface area contributed by atoms with Gasteiger partial charge in [-0.3, -0.25) is 0 Å². The van der Waals surface area contributed by atoms with Crippen molar-refractivity contribution in [3.05, 3.63) is 11.9 Å². The van der Waals surface area contributed by atoms with Gasteiger partial charge in [-0.05, 0) is 38.5 Å². The molecular formula is C15H24N4. The summed E-state index contributed by atoms with van der Waals surface area (Å²) in [4.78, 5) is 9.28. The first-order chi connectivity index (χ1) is 9.35. The van der Waals surface area contributed by atoms with Crippen LogP contribution >= 0.6 is 0 Å². The molecule has 4 nitrogen and oxygen atoms in total. The van der Waals surface area contributed by atoms with Gasteiger partial charge in [0.2, 0.25) is 0 Å². The lowest BCUT2D eigenvalue weighted by Crippen LogP contribution is -2.13. The second-order valence-electron chi connectivity index (χ2n) is 5.83. The molecule has 2 fully saturated rings. The number of rotatable bonds is 6. The fourth-order valence-corrected chi connectivity index (χ4v) is 2.82. The van der Waals surface area contributed by atoms with Crippen LogP contribution in [0.3, 0.4) is 0 Å². The van der Waals surface area contributed by atoms with Gasteiger partial charge >= 0.3 is 0 Å². The highest BCUT2D eigenvalue weighted by Crippen LogP contribution is 2.38. The summed E-state index contributed by atoms with van der Waals surface area (Å²) < 4.78 is 0. The Morgan fingerprint density at radius 3 is 2.37 bits per heavy atom. The van der Waals surface area contributed by atoms with Crippen LogP contribution in [0, 0.1) is 5.92 Å². The summed E-state index contributed by atoms with van der Waals surface area (Å²) in [7, 11) is 0. The van der Waals surface area contributed by atoms with Gasteiger partial charge in [-0.1, -0.05) is 12.8 Å². The molecule has 0 atom stereocenters. The molecule has 2 N–H and O–H groups in total. The van der Waals surface area contributed by atoms with Crippen LogP contribution in [0.5, 0.6) is 0 Å². The fourth-order valence-electron chi connectivity index (χ4n) is 2.82. The predicted octanol–water partition coefficient (Wildman–Crippen LogP) is 3.39. The Hall–Kier alpha value is -1.32. The molecule has 4 heteroatoms. The molecule has 0 saturated heterocycles. The third-order valence-corrected chi connectivity index (χ3v) is 4.09. The number of nitrogens with zero attached hydrogens (tertiary/aromatic N) is 2. The summed E-state index contributed by atoms with van der Waals surface area (Å²) in [6, 6.07) is 2.05. The van der Waals surface area contributed by atoms with Crippen LogP contribution in [0.1, 0.15) is 57.2 Å². The summed E-state index contributed by atoms with van der Waals surface area (Å²) >= 11 is 0. The van der Waals surface area contributed by atoms with E-state index in [1.54, 1.807) is 0 Å². The van der Waals surface area contributed by atoms with E-state index in [1.165, 1.54) is 38.5 Å². The molecule has 3 rings (SSSR count).